The van der Waals surface area contributed by atoms with Crippen LogP contribution >= 0.6 is 12.6 Å². The minimum Gasteiger partial charge on any atom is -0.385 e. The van der Waals surface area contributed by atoms with Crippen LogP contribution in [0.25, 0.3) is 0 Å². The standard InChI is InChI=1S/C11H20O3S/c1-3-5-6-8(4-2)7-9(12)10(13)11(14)15/h8-9,12H,3-7H2,1-2H3,(H,14,15). The second-order valence-electron chi connectivity index (χ2n) is 3.84. The number of aliphatic hydroxyl groups excluding tert-OH is 1. The van der Waals surface area contributed by atoms with Gasteiger partial charge in [0.05, 0.1) is 0 Å². The van der Waals surface area contributed by atoms with E-state index in [0.29, 0.717) is 12.3 Å². The van der Waals surface area contributed by atoms with E-state index >= 15 is 0 Å². The third kappa shape index (κ3) is 5.95. The Bertz CT molecular complexity index is 216. The summed E-state index contributed by atoms with van der Waals surface area (Å²) in [5.41, 5.74) is 0. The van der Waals surface area contributed by atoms with Gasteiger partial charge in [0.1, 0.15) is 6.10 Å². The maximum atomic E-state index is 11.1. The number of aliphatic hydroxyl groups is 1. The summed E-state index contributed by atoms with van der Waals surface area (Å²) in [5, 5.41) is 8.62. The van der Waals surface area contributed by atoms with Gasteiger partial charge in [-0.25, -0.2) is 0 Å². The number of ketones is 1. The lowest BCUT2D eigenvalue weighted by atomic mass is 9.92. The van der Waals surface area contributed by atoms with Crippen LogP contribution in [0.3, 0.4) is 0 Å². The van der Waals surface area contributed by atoms with Gasteiger partial charge >= 0.3 is 0 Å². The summed E-state index contributed by atoms with van der Waals surface area (Å²) in [6, 6.07) is 0. The van der Waals surface area contributed by atoms with Crippen molar-refractivity contribution in [1.82, 2.24) is 0 Å². The maximum absolute atomic E-state index is 11.1. The molecule has 0 saturated heterocycles. The summed E-state index contributed by atoms with van der Waals surface area (Å²) in [6.07, 6.45) is 3.32. The molecule has 0 aliphatic rings. The molecule has 3 nitrogen and oxygen atoms in total. The summed E-state index contributed by atoms with van der Waals surface area (Å²) in [6.45, 7) is 4.13. The molecule has 0 fully saturated rings. The van der Waals surface area contributed by atoms with Gasteiger partial charge in [0, 0.05) is 0 Å². The van der Waals surface area contributed by atoms with Gasteiger partial charge in [-0.1, -0.05) is 52.2 Å². The molecule has 88 valence electrons. The molecule has 15 heavy (non-hydrogen) atoms. The zero-order chi connectivity index (χ0) is 11.8. The van der Waals surface area contributed by atoms with Crippen molar-refractivity contribution in [2.24, 2.45) is 5.92 Å². The molecule has 0 heterocycles. The van der Waals surface area contributed by atoms with Crippen LogP contribution in [0.2, 0.25) is 0 Å². The number of rotatable bonds is 8. The molecule has 2 atom stereocenters. The minimum absolute atomic E-state index is 0.316. The molecular formula is C11H20O3S. The molecule has 0 aromatic carbocycles. The largest absolute Gasteiger partial charge is 0.385 e. The highest BCUT2D eigenvalue weighted by Gasteiger charge is 2.23. The highest BCUT2D eigenvalue weighted by atomic mass is 32.1. The average molecular weight is 232 g/mol. The van der Waals surface area contributed by atoms with Gasteiger partial charge in [0.15, 0.2) is 0 Å². The second kappa shape index (κ2) is 7.88. The molecule has 0 rings (SSSR count). The van der Waals surface area contributed by atoms with Gasteiger partial charge in [-0.05, 0) is 12.3 Å². The van der Waals surface area contributed by atoms with E-state index < -0.39 is 17.0 Å². The van der Waals surface area contributed by atoms with Crippen molar-refractivity contribution in [3.8, 4) is 0 Å². The van der Waals surface area contributed by atoms with Crippen LogP contribution in [0, 0.1) is 5.92 Å². The lowest BCUT2D eigenvalue weighted by molar-refractivity contribution is -0.137. The molecule has 0 radical (unpaired) electrons. The highest BCUT2D eigenvalue weighted by Crippen LogP contribution is 2.19. The van der Waals surface area contributed by atoms with Crippen molar-refractivity contribution in [2.45, 2.75) is 52.1 Å². The Morgan fingerprint density at radius 1 is 1.33 bits per heavy atom. The molecule has 0 spiro atoms. The van der Waals surface area contributed by atoms with Crippen molar-refractivity contribution in [1.29, 1.82) is 0 Å². The first-order valence-corrected chi connectivity index (χ1v) is 5.92. The smallest absolute Gasteiger partial charge is 0.254 e. The lowest BCUT2D eigenvalue weighted by Gasteiger charge is -2.16. The Kier molecular flexibility index (Phi) is 7.70. The van der Waals surface area contributed by atoms with Crippen molar-refractivity contribution in [3.05, 3.63) is 0 Å². The minimum atomic E-state index is -1.17. The Labute approximate surface area is 96.7 Å². The van der Waals surface area contributed by atoms with E-state index in [2.05, 4.69) is 19.6 Å². The SMILES string of the molecule is CCCCC(CC)CC(O)C(=O)C(=O)S. The molecule has 0 bridgehead atoms. The molecule has 0 aliphatic heterocycles. The predicted octanol–water partition coefficient (Wildman–Crippen LogP) is 1.98. The van der Waals surface area contributed by atoms with Crippen LogP contribution in [0.5, 0.6) is 0 Å². The fourth-order valence-corrected chi connectivity index (χ4v) is 1.70. The zero-order valence-corrected chi connectivity index (χ0v) is 10.3. The number of unbranched alkanes of at least 4 members (excludes halogenated alkanes) is 1. The number of hydrogen-bond donors (Lipinski definition) is 2. The van der Waals surface area contributed by atoms with Gasteiger partial charge in [0.2, 0.25) is 5.78 Å². The van der Waals surface area contributed by atoms with Crippen LogP contribution < -0.4 is 0 Å². The highest BCUT2D eigenvalue weighted by molar-refractivity contribution is 7.98. The van der Waals surface area contributed by atoms with Gasteiger partial charge in [0.25, 0.3) is 5.12 Å². The summed E-state index contributed by atoms with van der Waals surface area (Å²) in [5.74, 6) is -0.468. The third-order valence-electron chi connectivity index (χ3n) is 2.61. The van der Waals surface area contributed by atoms with Gasteiger partial charge in [-0.2, -0.15) is 0 Å². The van der Waals surface area contributed by atoms with Crippen molar-refractivity contribution in [2.75, 3.05) is 0 Å². The third-order valence-corrected chi connectivity index (χ3v) is 2.83. The van der Waals surface area contributed by atoms with Crippen molar-refractivity contribution >= 4 is 23.5 Å². The second-order valence-corrected chi connectivity index (χ2v) is 4.24. The first-order valence-electron chi connectivity index (χ1n) is 5.48. The van der Waals surface area contributed by atoms with Gasteiger partial charge in [-0.3, -0.25) is 9.59 Å². The monoisotopic (exact) mass is 232 g/mol. The average Bonchev–Trinajstić information content (AvgIpc) is 2.22. The number of hydrogen-bond acceptors (Lipinski definition) is 3. The molecule has 2 unspecified atom stereocenters. The Morgan fingerprint density at radius 2 is 1.93 bits per heavy atom. The van der Waals surface area contributed by atoms with E-state index in [1.165, 1.54) is 0 Å². The van der Waals surface area contributed by atoms with Crippen LogP contribution in [0.4, 0.5) is 0 Å². The number of Topliss-reactive ketones (excluding diaryl/α,β-unsaturated/α-hetero) is 1. The molecule has 0 aromatic heterocycles. The molecule has 0 aliphatic carbocycles. The first-order chi connectivity index (χ1) is 7.02. The van der Waals surface area contributed by atoms with Crippen LogP contribution in [0.1, 0.15) is 46.0 Å². The molecule has 1 N–H and O–H groups in total. The van der Waals surface area contributed by atoms with Crippen molar-refractivity contribution < 1.29 is 14.7 Å². The number of carbonyl (C=O) groups is 2. The van der Waals surface area contributed by atoms with E-state index in [9.17, 15) is 14.7 Å². The number of thiol groups is 1. The number of carbonyl (C=O) groups excluding carboxylic acids is 2. The molecular weight excluding hydrogens is 212 g/mol. The normalized spacial score (nSPS) is 14.7. The van der Waals surface area contributed by atoms with Crippen LogP contribution in [-0.2, 0) is 9.59 Å². The van der Waals surface area contributed by atoms with Crippen LogP contribution in [-0.4, -0.2) is 22.1 Å². The first kappa shape index (κ1) is 14.6. The molecule has 0 saturated carbocycles. The zero-order valence-electron chi connectivity index (χ0n) is 9.40. The Hall–Kier alpha value is -0.350. The quantitative estimate of drug-likeness (QED) is 0.497. The Balaban J connectivity index is 4.05. The predicted molar refractivity (Wildman–Crippen MR) is 62.9 cm³/mol. The van der Waals surface area contributed by atoms with Gasteiger partial charge < -0.3 is 5.11 Å². The van der Waals surface area contributed by atoms with E-state index in [4.69, 9.17) is 0 Å². The van der Waals surface area contributed by atoms with E-state index in [1.807, 2.05) is 6.92 Å². The Morgan fingerprint density at radius 3 is 2.33 bits per heavy atom. The molecule has 4 heteroatoms. The molecule has 0 aromatic rings. The van der Waals surface area contributed by atoms with Crippen molar-refractivity contribution in [3.63, 3.8) is 0 Å². The fraction of sp³-hybridized carbons (Fsp3) is 0.818. The maximum Gasteiger partial charge on any atom is 0.254 e. The fourth-order valence-electron chi connectivity index (χ4n) is 1.55. The van der Waals surface area contributed by atoms with Gasteiger partial charge in [-0.15, -0.1) is 0 Å². The van der Waals surface area contributed by atoms with Crippen LogP contribution in [0.15, 0.2) is 0 Å². The van der Waals surface area contributed by atoms with E-state index in [-0.39, 0.29) is 0 Å². The summed E-state index contributed by atoms with van der Waals surface area (Å²) in [7, 11) is 0. The van der Waals surface area contributed by atoms with E-state index in [1.54, 1.807) is 0 Å². The summed E-state index contributed by atoms with van der Waals surface area (Å²) in [4.78, 5) is 21.7. The summed E-state index contributed by atoms with van der Waals surface area (Å²) >= 11 is 3.41. The molecule has 0 amide bonds. The van der Waals surface area contributed by atoms with E-state index in [0.717, 1.165) is 25.7 Å². The lowest BCUT2D eigenvalue weighted by Crippen LogP contribution is -2.27. The summed E-state index contributed by atoms with van der Waals surface area (Å²) < 4.78 is 0. The topological polar surface area (TPSA) is 54.4 Å².